The van der Waals surface area contributed by atoms with Gasteiger partial charge in [0.15, 0.2) is 0 Å². The van der Waals surface area contributed by atoms with Gasteiger partial charge in [0.05, 0.1) is 76.7 Å². The normalized spacial score (nSPS) is 25.3. The van der Waals surface area contributed by atoms with Gasteiger partial charge in [0.25, 0.3) is 0 Å². The average molecular weight is 1670 g/mol. The third-order valence-electron chi connectivity index (χ3n) is 18.3. The molecular weight excluding hydrogens is 1490 g/mol. The van der Waals surface area contributed by atoms with E-state index in [0.717, 1.165) is 57.3 Å². The van der Waals surface area contributed by atoms with Gasteiger partial charge in [-0.15, -0.1) is 0 Å². The molecule has 4 amide bonds. The summed E-state index contributed by atoms with van der Waals surface area (Å²) >= 11 is 0. The van der Waals surface area contributed by atoms with Crippen molar-refractivity contribution >= 4 is 46.4 Å². The lowest BCUT2D eigenvalue weighted by molar-refractivity contribution is -0.129. The number of methoxy groups -OCH3 is 4. The largest absolute Gasteiger partial charge is 0.363 e. The average Bonchev–Trinajstić information content (AvgIpc) is 1.21. The van der Waals surface area contributed by atoms with E-state index < -0.39 is 423 Å². The van der Waals surface area contributed by atoms with Crippen LogP contribution in [0.15, 0.2) is 140 Å². The van der Waals surface area contributed by atoms with Crippen LogP contribution in [0.1, 0.15) is 208 Å². The topological polar surface area (TPSA) is 342 Å². The van der Waals surface area contributed by atoms with Crippen LogP contribution in [0.4, 0.5) is 22.7 Å². The Morgan fingerprint density at radius 3 is 0.776 bits per heavy atom. The first kappa shape index (κ1) is 40.9. The standard InChI is InChI=1S/4C20H30N6O3/c4*1-4-18(27)26(17-9-7-6-8-10-17)20(29-3)11-13-23(14-12-20)15-16-25-19(28)24(5-2)21-22-25/h4*6-10H,4-5,11-16H2,1-3H3/i3D3,4D2,6D,7D,8D,9D,10D,15D2,16D2;1D3,4D2,6D,7D,8D,9D,10D,15D2,16D2;1D3,3D3,6D,7D,8D,9D,10D,15D2,16D2;3D3,6D,7D,8D,9D,10D,15D2,16D2. The Balaban J connectivity index is 0.000000250. The number of nitrogens with zero attached hydrogens (tertiary/aromatic N) is 24. The summed E-state index contributed by atoms with van der Waals surface area (Å²) in [5.41, 5.74) is -16.2. The van der Waals surface area contributed by atoms with Crippen LogP contribution in [-0.4, -0.2) is 252 Å². The number of likely N-dealkylation sites (tertiary alicyclic amines) is 4. The first-order chi connectivity index (χ1) is 77.7. The second-order valence-electron chi connectivity index (χ2n) is 24.6. The molecule has 4 aromatic carbocycles. The highest BCUT2D eigenvalue weighted by Crippen LogP contribution is 2.39. The summed E-state index contributed by atoms with van der Waals surface area (Å²) in [5.74, 6) is -5.46. The van der Waals surface area contributed by atoms with E-state index in [-0.39, 0.29) is 51.3 Å². The molecule has 8 heterocycles. The smallest absolute Gasteiger partial charge is 0.358 e. The van der Waals surface area contributed by atoms with Gasteiger partial charge < -0.3 is 38.5 Å². The molecule has 0 N–H and O–H groups in total. The first-order valence-electron chi connectivity index (χ1n) is 63.1. The molecule has 4 aliphatic heterocycles. The van der Waals surface area contributed by atoms with Crippen molar-refractivity contribution in [1.29, 1.82) is 0 Å². The van der Waals surface area contributed by atoms with Crippen LogP contribution in [0.25, 0.3) is 0 Å². The van der Waals surface area contributed by atoms with Gasteiger partial charge in [-0.1, -0.05) is 100 Å². The van der Waals surface area contributed by atoms with Crippen LogP contribution >= 0.6 is 0 Å². The number of carbonyl (C=O) groups excluding carboxylic acids is 4. The summed E-state index contributed by atoms with van der Waals surface area (Å²) in [6, 6.07) is -17.3. The highest BCUT2D eigenvalue weighted by Gasteiger charge is 2.47. The molecule has 0 radical (unpaired) electrons. The fourth-order valence-corrected chi connectivity index (χ4v) is 12.1. The molecule has 0 aliphatic carbocycles. The van der Waals surface area contributed by atoms with Gasteiger partial charge >= 0.3 is 22.8 Å². The number of hydrogen-bond acceptors (Lipinski definition) is 24. The quantitative estimate of drug-likeness (QED) is 0.0478. The number of carbonyl (C=O) groups is 4. The number of anilines is 4. The lowest BCUT2D eigenvalue weighted by atomic mass is 9.96. The van der Waals surface area contributed by atoms with E-state index in [2.05, 4.69) is 41.7 Å². The minimum absolute atomic E-state index is 0.0218. The van der Waals surface area contributed by atoms with Crippen LogP contribution in [0.5, 0.6) is 0 Å². The molecule has 632 valence electrons. The Hall–Kier alpha value is -10.1. The van der Waals surface area contributed by atoms with Gasteiger partial charge in [0.2, 0.25) is 23.6 Å². The van der Waals surface area contributed by atoms with Crippen molar-refractivity contribution in [2.75, 3.05) is 126 Å². The van der Waals surface area contributed by atoms with Crippen molar-refractivity contribution in [3.8, 4) is 0 Å². The van der Waals surface area contributed by atoms with Crippen molar-refractivity contribution in [2.45, 2.75) is 207 Å². The second kappa shape index (κ2) is 43.2. The fourth-order valence-electron chi connectivity index (χ4n) is 12.1. The number of para-hydroxylation sites is 4. The molecule has 36 nitrogen and oxygen atoms in total. The molecule has 4 saturated heterocycles. The SMILES string of the molecule is [2H]c1c([2H])c([2H])c(N(C(=O)C([2H])([2H])C([2H])([2H])[2H])C2(OC)CCN(C([2H])([2H])C([2H])([2H])n3nnn(CC)c3=O)CC2)c([2H])c1[2H].[2H]c1c([2H])c([2H])c(N(C(=O)C([2H])([2H])C)C2(OC([2H])([2H])[2H])CCN(C([2H])([2H])C([2H])([2H])n3nnn(CC)c3=O)CC2)c([2H])c1[2H].[2H]c1c([2H])c([2H])c(N(C(=O)CC([2H])([2H])[2H])C2(OC([2H])([2H])[2H])CCN(C([2H])([2H])C([2H])([2H])n3nnn(CC)c3=O)CC2)c([2H])c1[2H].[2H]c1c([2H])c([2H])c(N(C(=O)CC)C2(OC([2H])([2H])[2H])CCN(C([2H])([2H])C([2H])([2H])n3nnn(CC)c3=O)CC2)c([2H])c1[2H]. The lowest BCUT2D eigenvalue weighted by Gasteiger charge is -2.47. The molecule has 0 bridgehead atoms. The van der Waals surface area contributed by atoms with Gasteiger partial charge in [-0.05, 0) is 118 Å². The van der Waals surface area contributed by atoms with E-state index in [9.17, 15) is 38.4 Å². The molecule has 0 unspecified atom stereocenters. The van der Waals surface area contributed by atoms with Crippen LogP contribution < -0.4 is 42.4 Å². The Morgan fingerprint density at radius 1 is 0.336 bits per heavy atom. The molecule has 4 aromatic heterocycles. The monoisotopic (exact) mass is 1660 g/mol. The summed E-state index contributed by atoms with van der Waals surface area (Å²) in [5, 5.41) is 27.9. The minimum atomic E-state index is -3.63. The van der Waals surface area contributed by atoms with E-state index in [1.165, 1.54) is 13.8 Å². The number of piperidine rings is 4. The second-order valence-corrected chi connectivity index (χ2v) is 24.6. The first-order valence-corrected chi connectivity index (χ1v) is 35.6. The molecule has 0 atom stereocenters. The van der Waals surface area contributed by atoms with Gasteiger partial charge in [-0.3, -0.25) is 38.8 Å². The van der Waals surface area contributed by atoms with Gasteiger partial charge in [0.1, 0.15) is 22.9 Å². The maximum atomic E-state index is 13.8. The van der Waals surface area contributed by atoms with Crippen LogP contribution in [0.2, 0.25) is 0 Å². The zero-order chi connectivity index (χ0) is 131. The Morgan fingerprint density at radius 2 is 0.569 bits per heavy atom. The highest BCUT2D eigenvalue weighted by molar-refractivity contribution is 5.96. The Kier molecular flexibility index (Phi) is 15.2. The van der Waals surface area contributed by atoms with Crippen LogP contribution in [0, 0.1) is 0 Å². The summed E-state index contributed by atoms with van der Waals surface area (Å²) in [4.78, 5) is 110. The number of tetrazole rings is 4. The number of hydrogen-bond donors (Lipinski definition) is 0. The van der Waals surface area contributed by atoms with E-state index in [1.54, 1.807) is 20.8 Å². The van der Waals surface area contributed by atoms with Crippen molar-refractivity contribution in [3.05, 3.63) is 163 Å². The molecule has 0 spiro atoms. The van der Waals surface area contributed by atoms with Crippen molar-refractivity contribution < 1.29 is 114 Å². The van der Waals surface area contributed by atoms with E-state index in [1.807, 2.05) is 0 Å². The molecule has 116 heavy (non-hydrogen) atoms. The molecule has 4 fully saturated rings. The number of benzene rings is 4. The van der Waals surface area contributed by atoms with Gasteiger partial charge in [-0.25, -0.2) is 19.2 Å². The number of rotatable bonds is 32. The predicted molar refractivity (Wildman–Crippen MR) is 438 cm³/mol. The van der Waals surface area contributed by atoms with Crippen LogP contribution in [-0.2, 0) is 90.3 Å². The molecule has 4 aliphatic rings. The number of aryl methyl sites for hydroxylation is 8. The minimum Gasteiger partial charge on any atom is -0.358 e. The zero-order valence-electron chi connectivity index (χ0n) is 119. The van der Waals surface area contributed by atoms with E-state index in [0.29, 0.717) is 14.7 Å². The molecular formula is C80H120N24O12. The van der Waals surface area contributed by atoms with Crippen LogP contribution in [0.3, 0.4) is 0 Å². The molecule has 8 aromatic rings. The summed E-state index contributed by atoms with van der Waals surface area (Å²) in [6.07, 6.45) is -12.4. The number of ether oxygens (including phenoxy) is 4. The maximum Gasteiger partial charge on any atom is 0.363 e. The lowest BCUT2D eigenvalue weighted by Crippen LogP contribution is -2.59. The number of aromatic nitrogens is 16. The Bertz CT molecular complexity index is 7240. The van der Waals surface area contributed by atoms with Gasteiger partial charge in [-0.2, -0.15) is 37.5 Å². The van der Waals surface area contributed by atoms with E-state index >= 15 is 0 Å². The predicted octanol–water partition coefficient (Wildman–Crippen LogP) is 5.37. The van der Waals surface area contributed by atoms with Crippen molar-refractivity contribution in [3.63, 3.8) is 0 Å². The Labute approximate surface area is 755 Å². The molecule has 36 heteroatoms. The highest BCUT2D eigenvalue weighted by atomic mass is 16.5. The molecule has 0 saturated carbocycles. The van der Waals surface area contributed by atoms with Gasteiger partial charge in [0, 0.05) is 257 Å². The fraction of sp³-hybridized carbons (Fsp3) is 0.600. The van der Waals surface area contributed by atoms with Crippen molar-refractivity contribution in [2.24, 2.45) is 0 Å². The number of amides is 4. The van der Waals surface area contributed by atoms with E-state index in [4.69, 9.17) is 94.3 Å². The summed E-state index contributed by atoms with van der Waals surface area (Å²) in [6.45, 7) is -26.1. The zero-order valence-corrected chi connectivity index (χ0v) is 63.7. The summed E-state index contributed by atoms with van der Waals surface area (Å²) in [7, 11) is -8.66. The third kappa shape index (κ3) is 21.6. The molecule has 12 rings (SSSR count). The van der Waals surface area contributed by atoms with Crippen molar-refractivity contribution in [1.82, 2.24) is 98.8 Å². The summed E-state index contributed by atoms with van der Waals surface area (Å²) < 4.78 is 473. The third-order valence-corrected chi connectivity index (χ3v) is 18.3. The maximum absolute atomic E-state index is 13.8.